The molecule has 1 aliphatic heterocycles. The minimum Gasteiger partial charge on any atom is -0.355 e. The second-order valence-electron chi connectivity index (χ2n) is 7.59. The fourth-order valence-electron chi connectivity index (χ4n) is 3.54. The fraction of sp³-hybridized carbons (Fsp3) is 0.364. The van der Waals surface area contributed by atoms with Crippen LogP contribution in [0.4, 0.5) is 5.69 Å². The van der Waals surface area contributed by atoms with Gasteiger partial charge in [-0.15, -0.1) is 0 Å². The Hall–Kier alpha value is -2.71. The number of piperidine rings is 1. The molecular weight excluding hydrogens is 402 g/mol. The highest BCUT2D eigenvalue weighted by molar-refractivity contribution is 7.89. The van der Waals surface area contributed by atoms with E-state index < -0.39 is 10.0 Å². The van der Waals surface area contributed by atoms with E-state index in [4.69, 9.17) is 0 Å². The summed E-state index contributed by atoms with van der Waals surface area (Å²) in [5, 5.41) is 5.49. The highest BCUT2D eigenvalue weighted by Gasteiger charge is 2.32. The Bertz CT molecular complexity index is 1040. The number of carbonyl (C=O) groups excluding carboxylic acids is 2. The molecule has 0 aromatic heterocycles. The van der Waals surface area contributed by atoms with E-state index in [2.05, 4.69) is 10.6 Å². The van der Waals surface area contributed by atoms with E-state index in [1.54, 1.807) is 49.5 Å². The van der Waals surface area contributed by atoms with Crippen LogP contribution in [0.25, 0.3) is 0 Å². The van der Waals surface area contributed by atoms with Crippen molar-refractivity contribution in [1.82, 2.24) is 9.62 Å². The normalized spacial score (nSPS) is 15.6. The van der Waals surface area contributed by atoms with Crippen molar-refractivity contribution in [2.24, 2.45) is 5.92 Å². The zero-order valence-electron chi connectivity index (χ0n) is 17.4. The Morgan fingerprint density at radius 3 is 2.20 bits per heavy atom. The van der Waals surface area contributed by atoms with Crippen LogP contribution in [0.1, 0.15) is 34.3 Å². The zero-order valence-corrected chi connectivity index (χ0v) is 18.3. The molecule has 1 saturated heterocycles. The summed E-state index contributed by atoms with van der Waals surface area (Å²) in [7, 11) is -1.98. The van der Waals surface area contributed by atoms with Gasteiger partial charge in [0.1, 0.15) is 0 Å². The monoisotopic (exact) mass is 429 g/mol. The molecule has 2 amide bonds. The molecule has 2 aromatic rings. The number of amides is 2. The van der Waals surface area contributed by atoms with Crippen LogP contribution in [-0.2, 0) is 14.8 Å². The first-order valence-electron chi connectivity index (χ1n) is 9.93. The van der Waals surface area contributed by atoms with Crippen molar-refractivity contribution in [2.45, 2.75) is 31.6 Å². The van der Waals surface area contributed by atoms with Crippen LogP contribution in [-0.4, -0.2) is 44.7 Å². The second kappa shape index (κ2) is 8.97. The molecule has 1 heterocycles. The molecule has 0 unspecified atom stereocenters. The number of sulfonamides is 1. The highest BCUT2D eigenvalue weighted by Crippen LogP contribution is 2.26. The minimum atomic E-state index is -3.55. The predicted octanol–water partition coefficient (Wildman–Crippen LogP) is 2.70. The maximum absolute atomic E-state index is 12.8. The number of hydrogen-bond acceptors (Lipinski definition) is 4. The van der Waals surface area contributed by atoms with Crippen LogP contribution in [0.15, 0.2) is 47.4 Å². The number of hydrogen-bond donors (Lipinski definition) is 2. The highest BCUT2D eigenvalue weighted by atomic mass is 32.2. The van der Waals surface area contributed by atoms with Gasteiger partial charge in [0, 0.05) is 37.3 Å². The van der Waals surface area contributed by atoms with Gasteiger partial charge >= 0.3 is 0 Å². The molecule has 1 aliphatic rings. The number of benzene rings is 2. The maximum Gasteiger partial charge on any atom is 0.251 e. The number of nitrogens with zero attached hydrogens (tertiary/aromatic N) is 1. The Morgan fingerprint density at radius 2 is 1.63 bits per heavy atom. The van der Waals surface area contributed by atoms with Gasteiger partial charge in [0.25, 0.3) is 5.91 Å². The largest absolute Gasteiger partial charge is 0.355 e. The van der Waals surface area contributed by atoms with Crippen molar-refractivity contribution in [2.75, 3.05) is 25.5 Å². The summed E-state index contributed by atoms with van der Waals surface area (Å²) in [6.45, 7) is 4.36. The van der Waals surface area contributed by atoms with Crippen LogP contribution in [0.5, 0.6) is 0 Å². The van der Waals surface area contributed by atoms with Gasteiger partial charge in [-0.05, 0) is 62.6 Å². The molecule has 2 N–H and O–H groups in total. The third-order valence-electron chi connectivity index (χ3n) is 5.46. The molecule has 0 aliphatic carbocycles. The van der Waals surface area contributed by atoms with E-state index >= 15 is 0 Å². The molecular formula is C22H27N3O4S. The average Bonchev–Trinajstić information content (AvgIpc) is 2.75. The summed E-state index contributed by atoms with van der Waals surface area (Å²) in [5.41, 5.74) is 2.98. The van der Waals surface area contributed by atoms with Gasteiger partial charge in [-0.2, -0.15) is 4.31 Å². The third kappa shape index (κ3) is 4.71. The molecule has 7 nitrogen and oxygen atoms in total. The van der Waals surface area contributed by atoms with E-state index in [0.717, 1.165) is 11.1 Å². The topological polar surface area (TPSA) is 95.6 Å². The predicted molar refractivity (Wildman–Crippen MR) is 116 cm³/mol. The Morgan fingerprint density at radius 1 is 1.00 bits per heavy atom. The quantitative estimate of drug-likeness (QED) is 0.764. The summed E-state index contributed by atoms with van der Waals surface area (Å²) < 4.78 is 27.1. The lowest BCUT2D eigenvalue weighted by Crippen LogP contribution is -2.41. The first-order chi connectivity index (χ1) is 14.2. The lowest BCUT2D eigenvalue weighted by molar-refractivity contribution is -0.120. The van der Waals surface area contributed by atoms with Gasteiger partial charge in [0.15, 0.2) is 0 Å². The van der Waals surface area contributed by atoms with Crippen molar-refractivity contribution in [3.8, 4) is 0 Å². The molecule has 30 heavy (non-hydrogen) atoms. The van der Waals surface area contributed by atoms with E-state index in [1.807, 2.05) is 13.8 Å². The van der Waals surface area contributed by atoms with Crippen molar-refractivity contribution in [3.05, 3.63) is 59.2 Å². The first kappa shape index (κ1) is 22.0. The number of aryl methyl sites for hydroxylation is 2. The van der Waals surface area contributed by atoms with Gasteiger partial charge in [-0.3, -0.25) is 9.59 Å². The standard InChI is InChI=1S/C22H27N3O4S/c1-15-4-7-19(8-5-15)30(28,29)25-12-10-17(11-13-25)22(27)24-20-9-6-18(14-16(20)2)21(26)23-3/h4-9,14,17H,10-13H2,1-3H3,(H,23,26)(H,24,27). The zero-order chi connectivity index (χ0) is 21.9. The lowest BCUT2D eigenvalue weighted by atomic mass is 9.97. The summed E-state index contributed by atoms with van der Waals surface area (Å²) in [6, 6.07) is 11.9. The fourth-order valence-corrected chi connectivity index (χ4v) is 5.01. The summed E-state index contributed by atoms with van der Waals surface area (Å²) in [4.78, 5) is 24.7. The van der Waals surface area contributed by atoms with Gasteiger partial charge in [0.2, 0.25) is 15.9 Å². The smallest absolute Gasteiger partial charge is 0.251 e. The minimum absolute atomic E-state index is 0.127. The number of carbonyl (C=O) groups is 2. The van der Waals surface area contributed by atoms with Crippen molar-refractivity contribution >= 4 is 27.5 Å². The van der Waals surface area contributed by atoms with Gasteiger partial charge < -0.3 is 10.6 Å². The first-order valence-corrected chi connectivity index (χ1v) is 11.4. The van der Waals surface area contributed by atoms with Crippen LogP contribution < -0.4 is 10.6 Å². The molecule has 1 fully saturated rings. The van der Waals surface area contributed by atoms with Crippen molar-refractivity contribution in [3.63, 3.8) is 0 Å². The molecule has 0 radical (unpaired) electrons. The molecule has 2 aromatic carbocycles. The molecule has 0 spiro atoms. The van der Waals surface area contributed by atoms with Crippen LogP contribution in [0.2, 0.25) is 0 Å². The Labute approximate surface area is 177 Å². The van der Waals surface area contributed by atoms with Gasteiger partial charge in [-0.25, -0.2) is 8.42 Å². The van der Waals surface area contributed by atoms with Crippen molar-refractivity contribution in [1.29, 1.82) is 0 Å². The van der Waals surface area contributed by atoms with Gasteiger partial charge in [-0.1, -0.05) is 17.7 Å². The summed E-state index contributed by atoms with van der Waals surface area (Å²) >= 11 is 0. The van der Waals surface area contributed by atoms with Crippen LogP contribution in [0.3, 0.4) is 0 Å². The van der Waals surface area contributed by atoms with Crippen molar-refractivity contribution < 1.29 is 18.0 Å². The molecule has 0 atom stereocenters. The Balaban J connectivity index is 1.62. The SMILES string of the molecule is CNC(=O)c1ccc(NC(=O)C2CCN(S(=O)(=O)c3ccc(C)cc3)CC2)c(C)c1. The van der Waals surface area contributed by atoms with E-state index in [9.17, 15) is 18.0 Å². The van der Waals surface area contributed by atoms with E-state index in [0.29, 0.717) is 37.2 Å². The van der Waals surface area contributed by atoms with Crippen LogP contribution in [0, 0.1) is 19.8 Å². The summed E-state index contributed by atoms with van der Waals surface area (Å²) in [6.07, 6.45) is 0.929. The lowest BCUT2D eigenvalue weighted by Gasteiger charge is -2.30. The molecule has 3 rings (SSSR count). The average molecular weight is 430 g/mol. The number of nitrogens with one attached hydrogen (secondary N) is 2. The third-order valence-corrected chi connectivity index (χ3v) is 7.37. The molecule has 0 bridgehead atoms. The van der Waals surface area contributed by atoms with Crippen LogP contribution >= 0.6 is 0 Å². The van der Waals surface area contributed by atoms with Gasteiger partial charge in [0.05, 0.1) is 4.90 Å². The van der Waals surface area contributed by atoms with E-state index in [1.165, 1.54) is 4.31 Å². The number of rotatable bonds is 5. The maximum atomic E-state index is 12.8. The Kier molecular flexibility index (Phi) is 6.58. The second-order valence-corrected chi connectivity index (χ2v) is 9.53. The molecule has 160 valence electrons. The summed E-state index contributed by atoms with van der Waals surface area (Å²) in [5.74, 6) is -0.566. The molecule has 0 saturated carbocycles. The van der Waals surface area contributed by atoms with E-state index in [-0.39, 0.29) is 22.6 Å². The number of anilines is 1. The molecule has 8 heteroatoms.